The molecule has 1 heterocycles. The number of rotatable bonds is 7. The van der Waals surface area contributed by atoms with Crippen molar-refractivity contribution in [1.29, 1.82) is 0 Å². The lowest BCUT2D eigenvalue weighted by Gasteiger charge is -2.15. The molecule has 0 spiro atoms. The Bertz CT molecular complexity index is 1010. The molecule has 2 aliphatic carbocycles. The zero-order valence-electron chi connectivity index (χ0n) is 18.2. The molecular formula is C23H29N3O3S. The number of allylic oxidation sites excluding steroid dienone is 2. The van der Waals surface area contributed by atoms with Crippen molar-refractivity contribution in [2.45, 2.75) is 32.7 Å². The number of hydrogen-bond donors (Lipinski definition) is 0. The minimum atomic E-state index is 0.184. The number of methoxy groups -OCH3 is 3. The topological polar surface area (TPSA) is 57.3 Å². The molecule has 3 unspecified atom stereocenters. The summed E-state index contributed by atoms with van der Waals surface area (Å²) in [4.78, 5) is 5.66. The van der Waals surface area contributed by atoms with Crippen molar-refractivity contribution in [3.8, 4) is 28.5 Å². The lowest BCUT2D eigenvalue weighted by atomic mass is 9.95. The highest BCUT2D eigenvalue weighted by molar-refractivity contribution is 7.07. The summed E-state index contributed by atoms with van der Waals surface area (Å²) in [5, 5.41) is 6.99. The van der Waals surface area contributed by atoms with Crippen LogP contribution in [0, 0.1) is 17.8 Å². The highest BCUT2D eigenvalue weighted by Crippen LogP contribution is 2.43. The molecule has 2 bridgehead atoms. The first-order chi connectivity index (χ1) is 14.5. The van der Waals surface area contributed by atoms with Crippen LogP contribution in [0.4, 0.5) is 0 Å². The molecule has 7 heteroatoms. The van der Waals surface area contributed by atoms with Crippen LogP contribution in [-0.4, -0.2) is 38.3 Å². The Balaban J connectivity index is 1.79. The lowest BCUT2D eigenvalue weighted by molar-refractivity contribution is 0.324. The van der Waals surface area contributed by atoms with Gasteiger partial charge in [0.1, 0.15) is 0 Å². The Morgan fingerprint density at radius 3 is 2.33 bits per heavy atom. The van der Waals surface area contributed by atoms with Crippen LogP contribution in [0.15, 0.2) is 39.8 Å². The van der Waals surface area contributed by atoms with E-state index >= 15 is 0 Å². The standard InChI is InChI=1S/C23H29N3O3S/c1-14(2)25-23-26(24-12-18-9-15-6-7-16(18)8-15)19(13-30-23)17-10-20(27-3)22(29-5)21(11-17)28-4/h6-7,10-16,18H,8-9H2,1-5H3. The van der Waals surface area contributed by atoms with Gasteiger partial charge in [-0.3, -0.25) is 4.99 Å². The average molecular weight is 428 g/mol. The van der Waals surface area contributed by atoms with Crippen LogP contribution >= 0.6 is 11.3 Å². The van der Waals surface area contributed by atoms with Crippen LogP contribution in [-0.2, 0) is 0 Å². The summed E-state index contributed by atoms with van der Waals surface area (Å²) in [7, 11) is 4.87. The van der Waals surface area contributed by atoms with Crippen LogP contribution in [0.1, 0.15) is 26.7 Å². The maximum Gasteiger partial charge on any atom is 0.206 e. The first kappa shape index (κ1) is 20.7. The van der Waals surface area contributed by atoms with E-state index in [0.717, 1.165) is 16.1 Å². The second kappa shape index (κ2) is 8.68. The smallest absolute Gasteiger partial charge is 0.206 e. The molecular weight excluding hydrogens is 398 g/mol. The van der Waals surface area contributed by atoms with Crippen molar-refractivity contribution >= 4 is 17.6 Å². The molecule has 160 valence electrons. The second-order valence-corrected chi connectivity index (χ2v) is 8.90. The molecule has 0 saturated heterocycles. The van der Waals surface area contributed by atoms with E-state index < -0.39 is 0 Å². The van der Waals surface area contributed by atoms with Crippen molar-refractivity contribution in [1.82, 2.24) is 4.68 Å². The van der Waals surface area contributed by atoms with E-state index in [9.17, 15) is 0 Å². The van der Waals surface area contributed by atoms with Gasteiger partial charge in [0.25, 0.3) is 0 Å². The quantitative estimate of drug-likeness (QED) is 0.479. The zero-order chi connectivity index (χ0) is 21.3. The molecule has 4 rings (SSSR count). The van der Waals surface area contributed by atoms with Crippen molar-refractivity contribution in [2.75, 3.05) is 21.3 Å². The monoisotopic (exact) mass is 427 g/mol. The minimum absolute atomic E-state index is 0.184. The summed E-state index contributed by atoms with van der Waals surface area (Å²) >= 11 is 1.59. The van der Waals surface area contributed by atoms with E-state index in [1.54, 1.807) is 32.7 Å². The summed E-state index contributed by atoms with van der Waals surface area (Å²) < 4.78 is 18.5. The first-order valence-corrected chi connectivity index (χ1v) is 11.2. The number of ether oxygens (including phenoxy) is 3. The zero-order valence-corrected chi connectivity index (χ0v) is 19.0. The highest BCUT2D eigenvalue weighted by Gasteiger charge is 2.34. The van der Waals surface area contributed by atoms with E-state index in [4.69, 9.17) is 24.3 Å². The molecule has 1 saturated carbocycles. The SMILES string of the molecule is COc1cc(-c2csc(=NC(C)C)n2N=CC2CC3C=CC2C3)cc(OC)c1OC. The van der Waals surface area contributed by atoms with Gasteiger partial charge in [0.15, 0.2) is 11.5 Å². The average Bonchev–Trinajstić information content (AvgIpc) is 3.46. The van der Waals surface area contributed by atoms with Crippen molar-refractivity contribution in [3.63, 3.8) is 0 Å². The first-order valence-electron chi connectivity index (χ1n) is 10.3. The number of benzene rings is 1. The largest absolute Gasteiger partial charge is 0.493 e. The van der Waals surface area contributed by atoms with Crippen LogP contribution in [0.5, 0.6) is 17.2 Å². The van der Waals surface area contributed by atoms with Crippen LogP contribution in [0.2, 0.25) is 0 Å². The third-order valence-corrected chi connectivity index (χ3v) is 6.55. The summed E-state index contributed by atoms with van der Waals surface area (Å²) in [6, 6.07) is 4.09. The van der Waals surface area contributed by atoms with Gasteiger partial charge >= 0.3 is 0 Å². The normalized spacial score (nSPS) is 23.1. The number of aromatic nitrogens is 1. The van der Waals surface area contributed by atoms with Gasteiger partial charge in [-0.25, -0.2) is 4.68 Å². The van der Waals surface area contributed by atoms with Gasteiger partial charge in [-0.15, -0.1) is 11.3 Å². The van der Waals surface area contributed by atoms with Crippen molar-refractivity contribution < 1.29 is 14.2 Å². The second-order valence-electron chi connectivity index (χ2n) is 8.06. The number of nitrogens with zero attached hydrogens (tertiary/aromatic N) is 3. The Morgan fingerprint density at radius 1 is 1.07 bits per heavy atom. The van der Waals surface area contributed by atoms with Gasteiger partial charge in [-0.2, -0.15) is 5.10 Å². The molecule has 2 aromatic rings. The van der Waals surface area contributed by atoms with Gasteiger partial charge in [-0.05, 0) is 50.7 Å². The van der Waals surface area contributed by atoms with Gasteiger partial charge < -0.3 is 14.2 Å². The molecule has 0 amide bonds. The van der Waals surface area contributed by atoms with Crippen LogP contribution in [0.3, 0.4) is 0 Å². The van der Waals surface area contributed by atoms with E-state index in [0.29, 0.717) is 35.0 Å². The van der Waals surface area contributed by atoms with E-state index in [1.165, 1.54) is 12.8 Å². The van der Waals surface area contributed by atoms with E-state index in [-0.39, 0.29) is 6.04 Å². The number of thiazole rings is 1. The maximum atomic E-state index is 5.55. The Hall–Kier alpha value is -2.54. The van der Waals surface area contributed by atoms with E-state index in [1.807, 2.05) is 16.8 Å². The van der Waals surface area contributed by atoms with E-state index in [2.05, 4.69) is 37.6 Å². The molecule has 1 fully saturated rings. The fourth-order valence-corrected chi connectivity index (χ4v) is 5.27. The fourth-order valence-electron chi connectivity index (χ4n) is 4.30. The molecule has 0 aliphatic heterocycles. The van der Waals surface area contributed by atoms with Crippen LogP contribution < -0.4 is 19.0 Å². The molecule has 30 heavy (non-hydrogen) atoms. The molecule has 1 aromatic heterocycles. The fraction of sp³-hybridized carbons (Fsp3) is 0.478. The lowest BCUT2D eigenvalue weighted by Crippen LogP contribution is -2.16. The summed E-state index contributed by atoms with van der Waals surface area (Å²) in [5.74, 6) is 3.65. The Morgan fingerprint density at radius 2 is 1.80 bits per heavy atom. The molecule has 0 N–H and O–H groups in total. The predicted octanol–water partition coefficient (Wildman–Crippen LogP) is 4.60. The van der Waals surface area contributed by atoms with Gasteiger partial charge in [0.2, 0.25) is 10.6 Å². The number of hydrogen-bond acceptors (Lipinski definition) is 6. The predicted molar refractivity (Wildman–Crippen MR) is 121 cm³/mol. The Labute approximate surface area is 181 Å². The molecule has 1 aromatic carbocycles. The third-order valence-electron chi connectivity index (χ3n) is 5.72. The maximum absolute atomic E-state index is 5.55. The van der Waals surface area contributed by atoms with Crippen molar-refractivity contribution in [3.05, 3.63) is 34.5 Å². The number of fused-ring (bicyclic) bond motifs is 2. The third kappa shape index (κ3) is 3.90. The molecule has 3 atom stereocenters. The molecule has 6 nitrogen and oxygen atoms in total. The van der Waals surface area contributed by atoms with Gasteiger partial charge in [-0.1, -0.05) is 12.2 Å². The Kier molecular flexibility index (Phi) is 5.99. The highest BCUT2D eigenvalue weighted by atomic mass is 32.1. The molecule has 0 radical (unpaired) electrons. The van der Waals surface area contributed by atoms with Crippen LogP contribution in [0.25, 0.3) is 11.3 Å². The summed E-state index contributed by atoms with van der Waals surface area (Å²) in [6.07, 6.45) is 9.26. The summed E-state index contributed by atoms with van der Waals surface area (Å²) in [6.45, 7) is 4.15. The van der Waals surface area contributed by atoms with Gasteiger partial charge in [0, 0.05) is 29.1 Å². The minimum Gasteiger partial charge on any atom is -0.493 e. The van der Waals surface area contributed by atoms with Gasteiger partial charge in [0.05, 0.1) is 27.0 Å². The summed E-state index contributed by atoms with van der Waals surface area (Å²) in [5.41, 5.74) is 1.89. The van der Waals surface area contributed by atoms with Crippen molar-refractivity contribution in [2.24, 2.45) is 27.8 Å². The molecule has 2 aliphatic rings.